The smallest absolute Gasteiger partial charge is 0.254 e. The van der Waals surface area contributed by atoms with Crippen LogP contribution in [0, 0.1) is 6.92 Å². The summed E-state index contributed by atoms with van der Waals surface area (Å²) in [5.74, 6) is 0.230. The molecule has 2 amide bonds. The molecule has 0 atom stereocenters. The van der Waals surface area contributed by atoms with E-state index in [0.717, 1.165) is 33.6 Å². The first-order chi connectivity index (χ1) is 21.7. The van der Waals surface area contributed by atoms with Gasteiger partial charge in [0.25, 0.3) is 11.8 Å². The van der Waals surface area contributed by atoms with E-state index >= 15 is 0 Å². The molecule has 1 N–H and O–H groups in total. The van der Waals surface area contributed by atoms with E-state index < -0.39 is 0 Å². The van der Waals surface area contributed by atoms with Crippen LogP contribution in [0.15, 0.2) is 85.1 Å². The predicted molar refractivity (Wildman–Crippen MR) is 182 cm³/mol. The molecule has 0 aliphatic carbocycles. The fraction of sp³-hybridized carbons (Fsp3) is 0.324. The predicted octanol–water partition coefficient (Wildman–Crippen LogP) is 5.85. The molecule has 8 heteroatoms. The summed E-state index contributed by atoms with van der Waals surface area (Å²) in [7, 11) is 8.07. The number of likely N-dealkylation sites (tertiary alicyclic amines) is 1. The molecule has 4 aromatic rings. The fourth-order valence-corrected chi connectivity index (χ4v) is 5.50. The fourth-order valence-electron chi connectivity index (χ4n) is 5.50. The Labute approximate surface area is 266 Å². The number of ether oxygens (including phenoxy) is 1. The van der Waals surface area contributed by atoms with Crippen LogP contribution in [0.4, 0.5) is 11.4 Å². The maximum atomic E-state index is 13.6. The number of aryl methyl sites for hydroxylation is 1. The van der Waals surface area contributed by atoms with Crippen LogP contribution in [0.3, 0.4) is 0 Å². The van der Waals surface area contributed by atoms with E-state index in [4.69, 9.17) is 4.74 Å². The molecule has 0 spiro atoms. The van der Waals surface area contributed by atoms with Crippen LogP contribution in [0.25, 0.3) is 11.1 Å². The molecule has 0 saturated carbocycles. The van der Waals surface area contributed by atoms with Crippen LogP contribution >= 0.6 is 0 Å². The van der Waals surface area contributed by atoms with Gasteiger partial charge in [-0.2, -0.15) is 0 Å². The number of carbonyl (C=O) groups excluding carboxylic acids is 2. The van der Waals surface area contributed by atoms with Gasteiger partial charge in [-0.15, -0.1) is 0 Å². The van der Waals surface area contributed by atoms with Gasteiger partial charge in [0, 0.05) is 89.9 Å². The highest BCUT2D eigenvalue weighted by molar-refractivity contribution is 6.07. The Kier molecular flexibility index (Phi) is 10.0. The molecular formula is C37H43N5O3. The zero-order valence-corrected chi connectivity index (χ0v) is 26.9. The molecule has 0 radical (unpaired) electrons. The first-order valence-electron chi connectivity index (χ1n) is 15.5. The van der Waals surface area contributed by atoms with Gasteiger partial charge < -0.3 is 24.8 Å². The molecule has 1 aliphatic rings. The van der Waals surface area contributed by atoms with Crippen molar-refractivity contribution in [3.8, 4) is 17.0 Å². The van der Waals surface area contributed by atoms with E-state index in [-0.39, 0.29) is 17.9 Å². The quantitative estimate of drug-likeness (QED) is 0.245. The summed E-state index contributed by atoms with van der Waals surface area (Å²) < 4.78 is 6.18. The molecule has 234 valence electrons. The zero-order valence-electron chi connectivity index (χ0n) is 26.9. The van der Waals surface area contributed by atoms with E-state index in [2.05, 4.69) is 68.6 Å². The third-order valence-corrected chi connectivity index (χ3v) is 8.27. The largest absolute Gasteiger partial charge is 0.474 e. The van der Waals surface area contributed by atoms with E-state index in [1.165, 1.54) is 0 Å². The summed E-state index contributed by atoms with van der Waals surface area (Å²) in [6.45, 7) is 3.53. The molecule has 8 nitrogen and oxygen atoms in total. The van der Waals surface area contributed by atoms with E-state index in [1.54, 1.807) is 12.1 Å². The second-order valence-electron chi connectivity index (χ2n) is 12.1. The molecule has 0 bridgehead atoms. The first kappa shape index (κ1) is 31.6. The van der Waals surface area contributed by atoms with E-state index in [0.29, 0.717) is 55.9 Å². The Balaban J connectivity index is 1.14. The van der Waals surface area contributed by atoms with Crippen LogP contribution in [-0.2, 0) is 6.42 Å². The summed E-state index contributed by atoms with van der Waals surface area (Å²) in [4.78, 5) is 37.3. The van der Waals surface area contributed by atoms with Crippen molar-refractivity contribution in [3.05, 3.63) is 107 Å². The molecule has 5 rings (SSSR count). The number of aromatic nitrogens is 1. The Hall–Kier alpha value is -4.85. The van der Waals surface area contributed by atoms with Crippen molar-refractivity contribution < 1.29 is 14.3 Å². The molecule has 1 fully saturated rings. The molecule has 3 aromatic carbocycles. The molecule has 1 saturated heterocycles. The van der Waals surface area contributed by atoms with Crippen LogP contribution in [0.5, 0.6) is 5.88 Å². The van der Waals surface area contributed by atoms with Gasteiger partial charge in [0.05, 0.1) is 11.1 Å². The highest BCUT2D eigenvalue weighted by atomic mass is 16.5. The number of carbonyl (C=O) groups is 2. The monoisotopic (exact) mass is 605 g/mol. The minimum Gasteiger partial charge on any atom is -0.474 e. The molecule has 45 heavy (non-hydrogen) atoms. The third kappa shape index (κ3) is 8.01. The number of piperidine rings is 1. The van der Waals surface area contributed by atoms with Gasteiger partial charge in [0.15, 0.2) is 0 Å². The van der Waals surface area contributed by atoms with Gasteiger partial charge in [-0.05, 0) is 66.9 Å². The average molecular weight is 606 g/mol. The van der Waals surface area contributed by atoms with Gasteiger partial charge in [-0.25, -0.2) is 4.98 Å². The van der Waals surface area contributed by atoms with Gasteiger partial charge in [0.1, 0.15) is 6.10 Å². The Morgan fingerprint density at radius 2 is 1.44 bits per heavy atom. The number of nitrogens with one attached hydrogen (secondary N) is 1. The van der Waals surface area contributed by atoms with Crippen molar-refractivity contribution in [2.75, 3.05) is 57.6 Å². The lowest BCUT2D eigenvalue weighted by Crippen LogP contribution is -2.42. The number of rotatable bonds is 10. The van der Waals surface area contributed by atoms with Gasteiger partial charge in [-0.1, -0.05) is 35.9 Å². The molecule has 1 aromatic heterocycles. The molecular weight excluding hydrogens is 562 g/mol. The van der Waals surface area contributed by atoms with Crippen LogP contribution in [0.2, 0.25) is 0 Å². The van der Waals surface area contributed by atoms with Gasteiger partial charge in [0.2, 0.25) is 5.88 Å². The van der Waals surface area contributed by atoms with E-state index in [9.17, 15) is 9.59 Å². The molecule has 0 unspecified atom stereocenters. The summed E-state index contributed by atoms with van der Waals surface area (Å²) in [6, 6.07) is 26.0. The number of anilines is 2. The number of nitrogens with zero attached hydrogens (tertiary/aromatic N) is 4. The number of pyridine rings is 1. The molecule has 1 aliphatic heterocycles. The summed E-state index contributed by atoms with van der Waals surface area (Å²) in [5, 5.41) is 3.02. The average Bonchev–Trinajstić information content (AvgIpc) is 3.05. The van der Waals surface area contributed by atoms with Crippen LogP contribution < -0.4 is 19.9 Å². The van der Waals surface area contributed by atoms with Crippen molar-refractivity contribution in [2.24, 2.45) is 0 Å². The highest BCUT2D eigenvalue weighted by Crippen LogP contribution is 2.25. The lowest BCUT2D eigenvalue weighted by atomic mass is 10.0. The van der Waals surface area contributed by atoms with Crippen LogP contribution in [0.1, 0.15) is 44.7 Å². The third-order valence-electron chi connectivity index (χ3n) is 8.27. The van der Waals surface area contributed by atoms with Crippen molar-refractivity contribution in [1.29, 1.82) is 0 Å². The second-order valence-corrected chi connectivity index (χ2v) is 12.1. The Bertz CT molecular complexity index is 1590. The van der Waals surface area contributed by atoms with Crippen molar-refractivity contribution >= 4 is 23.2 Å². The lowest BCUT2D eigenvalue weighted by molar-refractivity contribution is 0.0584. The second kappa shape index (κ2) is 14.3. The lowest BCUT2D eigenvalue weighted by Gasteiger charge is -2.32. The Morgan fingerprint density at radius 1 is 0.822 bits per heavy atom. The topological polar surface area (TPSA) is 78.0 Å². The zero-order chi connectivity index (χ0) is 31.9. The molecule has 2 heterocycles. The summed E-state index contributed by atoms with van der Waals surface area (Å²) in [5.41, 5.74) is 7.35. The summed E-state index contributed by atoms with van der Waals surface area (Å²) >= 11 is 0. The van der Waals surface area contributed by atoms with Crippen molar-refractivity contribution in [1.82, 2.24) is 15.2 Å². The van der Waals surface area contributed by atoms with Crippen LogP contribution in [-0.4, -0.2) is 75.6 Å². The number of benzene rings is 3. The van der Waals surface area contributed by atoms with Crippen molar-refractivity contribution in [2.45, 2.75) is 32.3 Å². The number of hydrogen-bond acceptors (Lipinski definition) is 6. The standard InChI is InChI=1S/C37H43N5O3/c1-26-6-16-33(34(24-26)36(43)38-21-18-27-7-12-30(13-8-27)40(2)3)37(44)42-22-19-32(20-23-42)45-35-17-11-29(25-39-35)28-9-14-31(15-10-28)41(4)5/h6-17,24-25,32H,18-23H2,1-5H3,(H,38,43). The normalized spacial score (nSPS) is 13.3. The minimum atomic E-state index is -0.228. The first-order valence-corrected chi connectivity index (χ1v) is 15.5. The maximum absolute atomic E-state index is 13.6. The van der Waals surface area contributed by atoms with Gasteiger partial charge in [-0.3, -0.25) is 9.59 Å². The SMILES string of the molecule is Cc1ccc(C(=O)N2CCC(Oc3ccc(-c4ccc(N(C)C)cc4)cn3)CC2)c(C(=O)NCCc2ccc(N(C)C)cc2)c1. The maximum Gasteiger partial charge on any atom is 0.254 e. The minimum absolute atomic E-state index is 0.0284. The van der Waals surface area contributed by atoms with E-state index in [1.807, 2.05) is 64.4 Å². The number of amides is 2. The summed E-state index contributed by atoms with van der Waals surface area (Å²) in [6.07, 6.45) is 3.91. The number of hydrogen-bond donors (Lipinski definition) is 1. The van der Waals surface area contributed by atoms with Gasteiger partial charge >= 0.3 is 0 Å². The highest BCUT2D eigenvalue weighted by Gasteiger charge is 2.27. The van der Waals surface area contributed by atoms with Crippen molar-refractivity contribution in [3.63, 3.8) is 0 Å². The Morgan fingerprint density at radius 3 is 2.04 bits per heavy atom.